The van der Waals surface area contributed by atoms with Gasteiger partial charge < -0.3 is 14.2 Å². The first-order valence-corrected chi connectivity index (χ1v) is 5.59. The molecule has 0 spiro atoms. The summed E-state index contributed by atoms with van der Waals surface area (Å²) in [5.74, 6) is 1.61. The van der Waals surface area contributed by atoms with Crippen molar-refractivity contribution in [2.24, 2.45) is 0 Å². The van der Waals surface area contributed by atoms with E-state index in [0.29, 0.717) is 37.1 Å². The lowest BCUT2D eigenvalue weighted by Crippen LogP contribution is -2.03. The molecule has 1 rings (SSSR count). The Balaban J connectivity index is 2.94. The van der Waals surface area contributed by atoms with E-state index < -0.39 is 0 Å². The van der Waals surface area contributed by atoms with Gasteiger partial charge in [0.1, 0.15) is 19.8 Å². The Kier molecular flexibility index (Phi) is 6.19. The van der Waals surface area contributed by atoms with Gasteiger partial charge in [-0.1, -0.05) is 38.0 Å². The molecule has 3 nitrogen and oxygen atoms in total. The standard InChI is InChI=1S/C15H17O3/c1-4-10-16-13-8-7-9-14(17-11-5-2)15(13)18-12-6-3/h4-8H,1-3,10-12H2. The van der Waals surface area contributed by atoms with Crippen molar-refractivity contribution in [2.45, 2.75) is 0 Å². The molecule has 0 aliphatic rings. The summed E-state index contributed by atoms with van der Waals surface area (Å²) in [7, 11) is 0. The van der Waals surface area contributed by atoms with E-state index in [-0.39, 0.29) is 0 Å². The summed E-state index contributed by atoms with van der Waals surface area (Å²) in [6, 6.07) is 6.45. The van der Waals surface area contributed by atoms with Crippen LogP contribution >= 0.6 is 0 Å². The monoisotopic (exact) mass is 245 g/mol. The fourth-order valence-electron chi connectivity index (χ4n) is 1.24. The highest BCUT2D eigenvalue weighted by atomic mass is 16.5. The first-order valence-electron chi connectivity index (χ1n) is 5.59. The molecule has 95 valence electrons. The van der Waals surface area contributed by atoms with Gasteiger partial charge >= 0.3 is 0 Å². The van der Waals surface area contributed by atoms with Crippen LogP contribution in [0.2, 0.25) is 0 Å². The third-order valence-electron chi connectivity index (χ3n) is 1.93. The Bertz CT molecular complexity index is 380. The van der Waals surface area contributed by atoms with Crippen LogP contribution in [0.1, 0.15) is 0 Å². The summed E-state index contributed by atoms with van der Waals surface area (Å²) in [6.07, 6.45) is 4.97. The van der Waals surface area contributed by atoms with E-state index in [1.54, 1.807) is 30.4 Å². The minimum atomic E-state index is 0.368. The lowest BCUT2D eigenvalue weighted by atomic mass is 10.3. The second-order valence-electron chi connectivity index (χ2n) is 3.30. The molecular weight excluding hydrogens is 228 g/mol. The molecule has 0 unspecified atom stereocenters. The number of hydrogen-bond acceptors (Lipinski definition) is 3. The first-order chi connectivity index (χ1) is 8.83. The van der Waals surface area contributed by atoms with Gasteiger partial charge in [-0.05, 0) is 12.1 Å². The quantitative estimate of drug-likeness (QED) is 0.625. The van der Waals surface area contributed by atoms with Gasteiger partial charge in [0.05, 0.1) is 0 Å². The van der Waals surface area contributed by atoms with Crippen molar-refractivity contribution in [3.63, 3.8) is 0 Å². The van der Waals surface area contributed by atoms with Crippen molar-refractivity contribution in [1.82, 2.24) is 0 Å². The van der Waals surface area contributed by atoms with Crippen LogP contribution in [0.15, 0.2) is 50.1 Å². The molecule has 1 aromatic rings. The van der Waals surface area contributed by atoms with Gasteiger partial charge in [0.2, 0.25) is 5.75 Å². The lowest BCUT2D eigenvalue weighted by Gasteiger charge is -2.14. The van der Waals surface area contributed by atoms with Crippen LogP contribution in [-0.4, -0.2) is 19.8 Å². The van der Waals surface area contributed by atoms with Crippen LogP contribution in [0.4, 0.5) is 0 Å². The van der Waals surface area contributed by atoms with Crippen LogP contribution in [-0.2, 0) is 0 Å². The van der Waals surface area contributed by atoms with Crippen LogP contribution in [0.5, 0.6) is 17.2 Å². The highest BCUT2D eigenvalue weighted by Gasteiger charge is 2.12. The first kappa shape index (κ1) is 13.9. The molecular formula is C15H17O3. The van der Waals surface area contributed by atoms with E-state index in [0.717, 1.165) is 0 Å². The van der Waals surface area contributed by atoms with Gasteiger partial charge in [0.15, 0.2) is 11.5 Å². The Morgan fingerprint density at radius 3 is 2.22 bits per heavy atom. The third-order valence-corrected chi connectivity index (χ3v) is 1.93. The number of hydrogen-bond donors (Lipinski definition) is 0. The van der Waals surface area contributed by atoms with Crippen molar-refractivity contribution < 1.29 is 14.2 Å². The van der Waals surface area contributed by atoms with Gasteiger partial charge in [-0.3, -0.25) is 0 Å². The summed E-state index contributed by atoms with van der Waals surface area (Å²) in [4.78, 5) is 0. The summed E-state index contributed by atoms with van der Waals surface area (Å²) >= 11 is 0. The fraction of sp³-hybridized carbons (Fsp3) is 0.200. The molecule has 0 amide bonds. The Hall–Kier alpha value is -2.16. The van der Waals surface area contributed by atoms with Gasteiger partial charge in [-0.2, -0.15) is 0 Å². The molecule has 18 heavy (non-hydrogen) atoms. The minimum Gasteiger partial charge on any atom is -0.486 e. The zero-order chi connectivity index (χ0) is 13.2. The maximum Gasteiger partial charge on any atom is 0.204 e. The molecule has 0 aromatic heterocycles. The molecule has 0 saturated heterocycles. The van der Waals surface area contributed by atoms with E-state index in [1.807, 2.05) is 0 Å². The van der Waals surface area contributed by atoms with Crippen molar-refractivity contribution in [2.75, 3.05) is 19.8 Å². The zero-order valence-corrected chi connectivity index (χ0v) is 10.4. The zero-order valence-electron chi connectivity index (χ0n) is 10.4. The average molecular weight is 245 g/mol. The van der Waals surface area contributed by atoms with E-state index in [2.05, 4.69) is 25.8 Å². The number of rotatable bonds is 9. The molecule has 0 atom stereocenters. The van der Waals surface area contributed by atoms with Gasteiger partial charge in [-0.15, -0.1) is 0 Å². The highest BCUT2D eigenvalue weighted by Crippen LogP contribution is 2.36. The Labute approximate surface area is 108 Å². The average Bonchev–Trinajstić information content (AvgIpc) is 2.41. The van der Waals surface area contributed by atoms with Crippen molar-refractivity contribution in [3.05, 3.63) is 56.2 Å². The second kappa shape index (κ2) is 8.01. The van der Waals surface area contributed by atoms with Gasteiger partial charge in [0, 0.05) is 6.07 Å². The molecule has 0 aliphatic heterocycles. The minimum absolute atomic E-state index is 0.368. The molecule has 3 heteroatoms. The van der Waals surface area contributed by atoms with Crippen molar-refractivity contribution in [3.8, 4) is 17.2 Å². The largest absolute Gasteiger partial charge is 0.486 e. The summed E-state index contributed by atoms with van der Waals surface area (Å²) in [5, 5.41) is 0. The van der Waals surface area contributed by atoms with E-state index in [4.69, 9.17) is 14.2 Å². The molecule has 0 heterocycles. The summed E-state index contributed by atoms with van der Waals surface area (Å²) in [5.41, 5.74) is 0. The summed E-state index contributed by atoms with van der Waals surface area (Å²) in [6.45, 7) is 12.0. The Morgan fingerprint density at radius 2 is 1.56 bits per heavy atom. The smallest absolute Gasteiger partial charge is 0.204 e. The van der Waals surface area contributed by atoms with Crippen molar-refractivity contribution in [1.29, 1.82) is 0 Å². The molecule has 1 radical (unpaired) electrons. The summed E-state index contributed by atoms with van der Waals surface area (Å²) < 4.78 is 16.5. The maximum atomic E-state index is 5.54. The predicted molar refractivity (Wildman–Crippen MR) is 72.4 cm³/mol. The van der Waals surface area contributed by atoms with E-state index >= 15 is 0 Å². The van der Waals surface area contributed by atoms with Crippen LogP contribution in [0, 0.1) is 6.07 Å². The van der Waals surface area contributed by atoms with Crippen LogP contribution in [0.25, 0.3) is 0 Å². The van der Waals surface area contributed by atoms with Crippen LogP contribution in [0.3, 0.4) is 0 Å². The third kappa shape index (κ3) is 4.01. The van der Waals surface area contributed by atoms with E-state index in [1.165, 1.54) is 0 Å². The predicted octanol–water partition coefficient (Wildman–Crippen LogP) is 3.18. The lowest BCUT2D eigenvalue weighted by molar-refractivity contribution is 0.279. The molecule has 0 bridgehead atoms. The van der Waals surface area contributed by atoms with Crippen molar-refractivity contribution >= 4 is 0 Å². The normalized spacial score (nSPS) is 9.33. The highest BCUT2D eigenvalue weighted by molar-refractivity contribution is 5.50. The molecule has 0 saturated carbocycles. The van der Waals surface area contributed by atoms with Gasteiger partial charge in [-0.25, -0.2) is 0 Å². The topological polar surface area (TPSA) is 27.7 Å². The molecule has 0 N–H and O–H groups in total. The molecule has 1 aromatic carbocycles. The second-order valence-corrected chi connectivity index (χ2v) is 3.30. The number of benzene rings is 1. The van der Waals surface area contributed by atoms with Gasteiger partial charge in [0.25, 0.3) is 0 Å². The SMILES string of the molecule is C=CCOc1[c]ccc(OCC=C)c1OCC=C. The van der Waals surface area contributed by atoms with E-state index in [9.17, 15) is 0 Å². The maximum absolute atomic E-state index is 5.54. The molecule has 0 fully saturated rings. The van der Waals surface area contributed by atoms with Crippen LogP contribution < -0.4 is 14.2 Å². The number of ether oxygens (including phenoxy) is 3. The molecule has 0 aliphatic carbocycles. The fourth-order valence-corrected chi connectivity index (χ4v) is 1.24. The Morgan fingerprint density at radius 1 is 0.944 bits per heavy atom.